The van der Waals surface area contributed by atoms with E-state index >= 15 is 0 Å². The Kier molecular flexibility index (Phi) is 2.96. The molecule has 3 aliphatic rings. The maximum absolute atomic E-state index is 2.43. The minimum Gasteiger partial charge on any atom is -0.0619 e. The van der Waals surface area contributed by atoms with E-state index < -0.39 is 0 Å². The highest BCUT2D eigenvalue weighted by Crippen LogP contribution is 2.55. The maximum atomic E-state index is 2.43. The molecule has 2 atom stereocenters. The lowest BCUT2D eigenvalue weighted by Gasteiger charge is -2.42. The second kappa shape index (κ2) is 4.81. The van der Waals surface area contributed by atoms with Crippen LogP contribution in [-0.2, 0) is 0 Å². The van der Waals surface area contributed by atoms with Crippen molar-refractivity contribution in [2.45, 2.75) is 11.8 Å². The topological polar surface area (TPSA) is 0 Å². The zero-order valence-corrected chi connectivity index (χ0v) is 16.0. The number of hydrogen-bond donors (Lipinski definition) is 0. The first kappa shape index (κ1) is 13.5. The average Bonchev–Trinajstić information content (AvgIpc) is 2.54. The first-order valence-corrected chi connectivity index (χ1v) is 9.57. The summed E-state index contributed by atoms with van der Waals surface area (Å²) in [6.45, 7) is 0. The lowest BCUT2D eigenvalue weighted by Crippen LogP contribution is -2.27. The number of halogens is 2. The van der Waals surface area contributed by atoms with Crippen molar-refractivity contribution >= 4 is 45.2 Å². The second-order valence-corrected chi connectivity index (χ2v) is 8.53. The molecule has 3 aromatic rings. The third-order valence-electron chi connectivity index (χ3n) is 4.96. The van der Waals surface area contributed by atoms with E-state index in [0.717, 1.165) is 0 Å². The van der Waals surface area contributed by atoms with Gasteiger partial charge in [-0.05, 0) is 103 Å². The molecule has 0 spiro atoms. The molecule has 0 saturated carbocycles. The van der Waals surface area contributed by atoms with Gasteiger partial charge in [0.25, 0.3) is 0 Å². The predicted octanol–water partition coefficient (Wildman–Crippen LogP) is 5.88. The second-order valence-electron chi connectivity index (χ2n) is 6.04. The number of hydrogen-bond acceptors (Lipinski definition) is 0. The summed E-state index contributed by atoms with van der Waals surface area (Å²) in [6, 6.07) is 22.9. The summed E-state index contributed by atoms with van der Waals surface area (Å²) >= 11 is 4.86. The first-order valence-electron chi connectivity index (χ1n) is 7.41. The minimum absolute atomic E-state index is 0.401. The Morgan fingerprint density at radius 1 is 0.500 bits per heavy atom. The monoisotopic (exact) mass is 506 g/mol. The van der Waals surface area contributed by atoms with Gasteiger partial charge in [-0.2, -0.15) is 0 Å². The molecule has 106 valence electrons. The van der Waals surface area contributed by atoms with Crippen LogP contribution in [0.4, 0.5) is 0 Å². The number of rotatable bonds is 0. The van der Waals surface area contributed by atoms with Gasteiger partial charge in [-0.25, -0.2) is 0 Å². The van der Waals surface area contributed by atoms with Crippen LogP contribution in [0.25, 0.3) is 0 Å². The summed E-state index contributed by atoms with van der Waals surface area (Å²) in [7, 11) is 0. The van der Waals surface area contributed by atoms with Gasteiger partial charge in [0.2, 0.25) is 0 Å². The normalized spacial score (nSPS) is 20.3. The van der Waals surface area contributed by atoms with Gasteiger partial charge in [-0.3, -0.25) is 0 Å². The fourth-order valence-corrected chi connectivity index (χ4v) is 5.19. The SMILES string of the molecule is Ic1ccc2c(c1)C1c3ccccc3C2c2cc(I)ccc21. The largest absolute Gasteiger partial charge is 0.0619 e. The van der Waals surface area contributed by atoms with Gasteiger partial charge < -0.3 is 0 Å². The Labute approximate surface area is 157 Å². The molecule has 0 aliphatic heterocycles. The van der Waals surface area contributed by atoms with Crippen LogP contribution in [0.3, 0.4) is 0 Å². The average molecular weight is 506 g/mol. The van der Waals surface area contributed by atoms with Gasteiger partial charge in [0, 0.05) is 19.0 Å². The molecule has 2 unspecified atom stereocenters. The summed E-state index contributed by atoms with van der Waals surface area (Å²) in [4.78, 5) is 0. The molecular formula is C20H12I2. The Morgan fingerprint density at radius 2 is 0.909 bits per heavy atom. The first-order chi connectivity index (χ1) is 10.7. The lowest BCUT2D eigenvalue weighted by molar-refractivity contribution is 0.752. The van der Waals surface area contributed by atoms with Gasteiger partial charge in [0.1, 0.15) is 0 Å². The van der Waals surface area contributed by atoms with Crippen molar-refractivity contribution in [3.05, 3.63) is 101 Å². The maximum Gasteiger partial charge on any atom is 0.0349 e. The van der Waals surface area contributed by atoms with E-state index in [9.17, 15) is 0 Å². The highest BCUT2D eigenvalue weighted by molar-refractivity contribution is 14.1. The molecule has 0 N–H and O–H groups in total. The lowest BCUT2D eigenvalue weighted by atomic mass is 9.61. The van der Waals surface area contributed by atoms with Crippen LogP contribution in [0.5, 0.6) is 0 Å². The van der Waals surface area contributed by atoms with Crippen LogP contribution in [0.1, 0.15) is 45.2 Å². The van der Waals surface area contributed by atoms with Crippen LogP contribution in [0.15, 0.2) is 60.7 Å². The Morgan fingerprint density at radius 3 is 1.36 bits per heavy atom. The van der Waals surface area contributed by atoms with Crippen LogP contribution in [-0.4, -0.2) is 0 Å². The third-order valence-corrected chi connectivity index (χ3v) is 6.30. The van der Waals surface area contributed by atoms with Crippen molar-refractivity contribution in [1.82, 2.24) is 0 Å². The molecule has 2 bridgehead atoms. The van der Waals surface area contributed by atoms with Crippen LogP contribution in [0.2, 0.25) is 0 Å². The zero-order valence-electron chi connectivity index (χ0n) is 11.7. The van der Waals surface area contributed by atoms with Gasteiger partial charge in [-0.1, -0.05) is 36.4 Å². The van der Waals surface area contributed by atoms with Gasteiger partial charge >= 0.3 is 0 Å². The fraction of sp³-hybridized carbons (Fsp3) is 0.100. The zero-order chi connectivity index (χ0) is 14.8. The van der Waals surface area contributed by atoms with Gasteiger partial charge in [0.05, 0.1) is 0 Å². The predicted molar refractivity (Wildman–Crippen MR) is 107 cm³/mol. The van der Waals surface area contributed by atoms with Gasteiger partial charge in [0.15, 0.2) is 0 Å². The molecule has 22 heavy (non-hydrogen) atoms. The Bertz CT molecular complexity index is 850. The highest BCUT2D eigenvalue weighted by Gasteiger charge is 2.40. The van der Waals surface area contributed by atoms with E-state index in [1.807, 2.05) is 0 Å². The van der Waals surface area contributed by atoms with Crippen LogP contribution in [0, 0.1) is 7.14 Å². The molecule has 0 saturated heterocycles. The van der Waals surface area contributed by atoms with Crippen molar-refractivity contribution in [3.63, 3.8) is 0 Å². The summed E-state index contributed by atoms with van der Waals surface area (Å²) in [5, 5.41) is 0. The van der Waals surface area contributed by atoms with E-state index in [-0.39, 0.29) is 0 Å². The Balaban J connectivity index is 1.90. The van der Waals surface area contributed by atoms with Crippen molar-refractivity contribution in [3.8, 4) is 0 Å². The highest BCUT2D eigenvalue weighted by atomic mass is 127. The van der Waals surface area contributed by atoms with E-state index in [0.29, 0.717) is 11.8 Å². The molecule has 3 aromatic carbocycles. The van der Waals surface area contributed by atoms with Crippen molar-refractivity contribution in [2.24, 2.45) is 0 Å². The van der Waals surface area contributed by atoms with Gasteiger partial charge in [-0.15, -0.1) is 0 Å². The molecule has 0 nitrogen and oxygen atoms in total. The van der Waals surface area contributed by atoms with E-state index in [2.05, 4.69) is 106 Å². The molecule has 0 heterocycles. The van der Waals surface area contributed by atoms with Crippen molar-refractivity contribution < 1.29 is 0 Å². The van der Waals surface area contributed by atoms with Crippen molar-refractivity contribution in [1.29, 1.82) is 0 Å². The molecule has 6 rings (SSSR count). The Hall–Kier alpha value is -0.880. The molecule has 3 aliphatic carbocycles. The van der Waals surface area contributed by atoms with Crippen molar-refractivity contribution in [2.75, 3.05) is 0 Å². The van der Waals surface area contributed by atoms with Crippen LogP contribution >= 0.6 is 45.2 Å². The fourth-order valence-electron chi connectivity index (χ4n) is 4.16. The summed E-state index contributed by atoms with van der Waals surface area (Å²) in [5.74, 6) is 0.802. The smallest absolute Gasteiger partial charge is 0.0349 e. The third kappa shape index (κ3) is 1.74. The summed E-state index contributed by atoms with van der Waals surface area (Å²) in [5.41, 5.74) is 9.00. The van der Waals surface area contributed by atoms with E-state index in [1.54, 1.807) is 0 Å². The molecule has 0 amide bonds. The molecule has 0 aromatic heterocycles. The quantitative estimate of drug-likeness (QED) is 0.230. The standard InChI is InChI=1S/C20H12I2/c21-11-6-8-16-17(9-11)19-13-3-1-2-4-14(13)20(16)18-10-12(22)5-7-15(18)19/h1-10,19-20H. The van der Waals surface area contributed by atoms with E-state index in [4.69, 9.17) is 0 Å². The summed E-state index contributed by atoms with van der Waals surface area (Å²) < 4.78 is 2.65. The van der Waals surface area contributed by atoms with E-state index in [1.165, 1.54) is 40.5 Å². The minimum atomic E-state index is 0.401. The molecular weight excluding hydrogens is 494 g/mol. The molecule has 0 fully saturated rings. The van der Waals surface area contributed by atoms with Crippen LogP contribution < -0.4 is 0 Å². The number of benzene rings is 3. The molecule has 0 radical (unpaired) electrons. The summed E-state index contributed by atoms with van der Waals surface area (Å²) in [6.07, 6.45) is 0. The molecule has 2 heteroatoms.